The van der Waals surface area contributed by atoms with Crippen molar-refractivity contribution in [3.8, 4) is 0 Å². The number of allylic oxidation sites excluding steroid dienone is 4. The molecule has 11 nitrogen and oxygen atoms in total. The molecule has 11 heteroatoms. The number of carbonyl (C=O) groups excluding carboxylic acids is 6. The molecule has 0 spiro atoms. The van der Waals surface area contributed by atoms with Crippen LogP contribution < -0.4 is 10.6 Å². The van der Waals surface area contributed by atoms with Gasteiger partial charge in [-0.05, 0) is 24.3 Å². The number of amides is 2. The fraction of sp³-hybridized carbons (Fsp3) is 0.364. The van der Waals surface area contributed by atoms with E-state index < -0.39 is 34.9 Å². The van der Waals surface area contributed by atoms with Gasteiger partial charge in [-0.15, -0.1) is 0 Å². The lowest BCUT2D eigenvalue weighted by atomic mass is 10.0. The predicted molar refractivity (Wildman–Crippen MR) is 113 cm³/mol. The van der Waals surface area contributed by atoms with Gasteiger partial charge in [-0.2, -0.15) is 0 Å². The molecule has 0 aromatic rings. The number of nitrogens with one attached hydrogen (secondary N) is 2. The van der Waals surface area contributed by atoms with Crippen LogP contribution in [0.25, 0.3) is 0 Å². The van der Waals surface area contributed by atoms with Gasteiger partial charge in [-0.1, -0.05) is 0 Å². The standard InChI is InChI=1S/C22H24N2O9/c25-17-3-1-15(13-19(17)27)21(29)23-5-7-31-9-11-33-12-10-32-8-6-24-22(30)16-2-4-18(26)20(28)14-16/h1-4,13-14H,5-12H2,(H,23,29)(H,24,30). The molecule has 0 radical (unpaired) electrons. The maximum atomic E-state index is 11.8. The Hall–Kier alpha value is -3.54. The third-order valence-electron chi connectivity index (χ3n) is 4.22. The van der Waals surface area contributed by atoms with Gasteiger partial charge in [0.25, 0.3) is 11.8 Å². The van der Waals surface area contributed by atoms with Crippen LogP contribution in [0.15, 0.2) is 47.6 Å². The molecule has 2 aliphatic rings. The van der Waals surface area contributed by atoms with Gasteiger partial charge >= 0.3 is 0 Å². The van der Waals surface area contributed by atoms with Crippen molar-refractivity contribution in [2.24, 2.45) is 0 Å². The van der Waals surface area contributed by atoms with Crippen molar-refractivity contribution in [3.05, 3.63) is 47.6 Å². The van der Waals surface area contributed by atoms with Crippen LogP contribution in [-0.2, 0) is 43.0 Å². The molecule has 0 saturated heterocycles. The fourth-order valence-corrected chi connectivity index (χ4v) is 2.52. The molecule has 2 aliphatic carbocycles. The lowest BCUT2D eigenvalue weighted by Gasteiger charge is -2.09. The molecule has 0 heterocycles. The smallest absolute Gasteiger partial charge is 0.251 e. The molecule has 2 N–H and O–H groups in total. The maximum Gasteiger partial charge on any atom is 0.251 e. The first-order valence-electron chi connectivity index (χ1n) is 10.1. The molecular weight excluding hydrogens is 436 g/mol. The monoisotopic (exact) mass is 460 g/mol. The molecule has 0 fully saturated rings. The molecule has 0 aromatic heterocycles. The summed E-state index contributed by atoms with van der Waals surface area (Å²) < 4.78 is 15.9. The Kier molecular flexibility index (Phi) is 10.7. The van der Waals surface area contributed by atoms with Gasteiger partial charge in [0.1, 0.15) is 0 Å². The Bertz CT molecular complexity index is 854. The minimum atomic E-state index is -0.726. The molecule has 0 unspecified atom stereocenters. The summed E-state index contributed by atoms with van der Waals surface area (Å²) in [5, 5.41) is 5.15. The highest BCUT2D eigenvalue weighted by Crippen LogP contribution is 2.05. The van der Waals surface area contributed by atoms with Crippen LogP contribution in [0.2, 0.25) is 0 Å². The van der Waals surface area contributed by atoms with Crippen LogP contribution in [0.4, 0.5) is 0 Å². The van der Waals surface area contributed by atoms with E-state index in [1.54, 1.807) is 0 Å². The lowest BCUT2D eigenvalue weighted by Crippen LogP contribution is -2.30. The first-order chi connectivity index (χ1) is 15.9. The summed E-state index contributed by atoms with van der Waals surface area (Å²) in [6, 6.07) is 0. The summed E-state index contributed by atoms with van der Waals surface area (Å²) in [4.78, 5) is 68.2. The lowest BCUT2D eigenvalue weighted by molar-refractivity contribution is -0.131. The highest BCUT2D eigenvalue weighted by Gasteiger charge is 2.18. The van der Waals surface area contributed by atoms with Gasteiger partial charge in [0, 0.05) is 36.4 Å². The first kappa shape index (κ1) is 25.7. The highest BCUT2D eigenvalue weighted by molar-refractivity contribution is 6.48. The number of hydrogen-bond donors (Lipinski definition) is 2. The van der Waals surface area contributed by atoms with Crippen molar-refractivity contribution in [2.45, 2.75) is 0 Å². The molecule has 0 bridgehead atoms. The Morgan fingerprint density at radius 3 is 1.27 bits per heavy atom. The molecule has 0 aromatic carbocycles. The second-order valence-corrected chi connectivity index (χ2v) is 6.67. The van der Waals surface area contributed by atoms with Crippen LogP contribution in [0.3, 0.4) is 0 Å². The number of hydrogen-bond acceptors (Lipinski definition) is 9. The van der Waals surface area contributed by atoms with E-state index in [2.05, 4.69) is 10.6 Å². The van der Waals surface area contributed by atoms with Crippen LogP contribution in [0.1, 0.15) is 0 Å². The Morgan fingerprint density at radius 2 is 0.909 bits per heavy atom. The zero-order valence-electron chi connectivity index (χ0n) is 17.8. The average Bonchev–Trinajstić information content (AvgIpc) is 2.80. The average molecular weight is 460 g/mol. The number of ketones is 4. The Balaban J connectivity index is 1.39. The van der Waals surface area contributed by atoms with Gasteiger partial charge in [0.15, 0.2) is 0 Å². The van der Waals surface area contributed by atoms with E-state index >= 15 is 0 Å². The number of ether oxygens (including phenoxy) is 3. The van der Waals surface area contributed by atoms with Crippen LogP contribution >= 0.6 is 0 Å². The first-order valence-corrected chi connectivity index (χ1v) is 10.1. The van der Waals surface area contributed by atoms with E-state index in [4.69, 9.17) is 14.2 Å². The molecule has 2 rings (SSSR count). The minimum absolute atomic E-state index is 0.122. The van der Waals surface area contributed by atoms with Crippen molar-refractivity contribution < 1.29 is 43.0 Å². The fourth-order valence-electron chi connectivity index (χ4n) is 2.52. The van der Waals surface area contributed by atoms with Crippen molar-refractivity contribution in [1.29, 1.82) is 0 Å². The van der Waals surface area contributed by atoms with Gasteiger partial charge < -0.3 is 24.8 Å². The summed E-state index contributed by atoms with van der Waals surface area (Å²) in [5.74, 6) is -3.69. The summed E-state index contributed by atoms with van der Waals surface area (Å²) in [6.07, 6.45) is 6.70. The molecule has 0 aliphatic heterocycles. The second kappa shape index (κ2) is 13.8. The third-order valence-corrected chi connectivity index (χ3v) is 4.22. The van der Waals surface area contributed by atoms with E-state index in [-0.39, 0.29) is 37.4 Å². The van der Waals surface area contributed by atoms with Gasteiger partial charge in [0.05, 0.1) is 39.6 Å². The SMILES string of the molecule is O=C1C=CC(C(=O)NCCOCCOCCOCCNC(=O)C2=CC(=O)C(=O)C=C2)=CC1=O. The summed E-state index contributed by atoms with van der Waals surface area (Å²) >= 11 is 0. The van der Waals surface area contributed by atoms with Crippen LogP contribution in [0.5, 0.6) is 0 Å². The minimum Gasteiger partial charge on any atom is -0.377 e. The normalized spacial score (nSPS) is 15.4. The number of rotatable bonds is 14. The molecule has 0 atom stereocenters. The highest BCUT2D eigenvalue weighted by atomic mass is 16.5. The topological polar surface area (TPSA) is 154 Å². The summed E-state index contributed by atoms with van der Waals surface area (Å²) in [6.45, 7) is 2.24. The van der Waals surface area contributed by atoms with E-state index in [0.717, 1.165) is 24.3 Å². The van der Waals surface area contributed by atoms with Gasteiger partial charge in [0.2, 0.25) is 23.1 Å². The van der Waals surface area contributed by atoms with Gasteiger partial charge in [-0.25, -0.2) is 0 Å². The molecule has 176 valence electrons. The molecular formula is C22H24N2O9. The van der Waals surface area contributed by atoms with Crippen molar-refractivity contribution >= 4 is 34.9 Å². The van der Waals surface area contributed by atoms with Gasteiger partial charge in [-0.3, -0.25) is 28.8 Å². The summed E-state index contributed by atoms with van der Waals surface area (Å²) in [7, 11) is 0. The van der Waals surface area contributed by atoms with Crippen molar-refractivity contribution in [2.75, 3.05) is 52.7 Å². The quantitative estimate of drug-likeness (QED) is 0.180. The van der Waals surface area contributed by atoms with Crippen molar-refractivity contribution in [1.82, 2.24) is 10.6 Å². The maximum absolute atomic E-state index is 11.8. The largest absolute Gasteiger partial charge is 0.377 e. The van der Waals surface area contributed by atoms with E-state index in [1.165, 1.54) is 12.2 Å². The Morgan fingerprint density at radius 1 is 0.545 bits per heavy atom. The van der Waals surface area contributed by atoms with E-state index in [1.807, 2.05) is 0 Å². The Labute approximate surface area is 189 Å². The number of carbonyl (C=O) groups is 6. The van der Waals surface area contributed by atoms with Crippen molar-refractivity contribution in [3.63, 3.8) is 0 Å². The second-order valence-electron chi connectivity index (χ2n) is 6.67. The molecule has 33 heavy (non-hydrogen) atoms. The molecule has 2 amide bonds. The molecule has 0 saturated carbocycles. The zero-order chi connectivity index (χ0) is 24.1. The van der Waals surface area contributed by atoms with Crippen LogP contribution in [-0.4, -0.2) is 87.7 Å². The summed E-state index contributed by atoms with van der Waals surface area (Å²) in [5.41, 5.74) is 0.244. The zero-order valence-corrected chi connectivity index (χ0v) is 17.8. The van der Waals surface area contributed by atoms with E-state index in [0.29, 0.717) is 26.4 Å². The van der Waals surface area contributed by atoms with E-state index in [9.17, 15) is 28.8 Å². The predicted octanol–water partition coefficient (Wildman–Crippen LogP) is -1.46. The third kappa shape index (κ3) is 9.23. The van der Waals surface area contributed by atoms with Crippen LogP contribution in [0, 0.1) is 0 Å².